The van der Waals surface area contributed by atoms with Crippen LogP contribution in [0.4, 0.5) is 0 Å². The van der Waals surface area contributed by atoms with Gasteiger partial charge < -0.3 is 19.9 Å². The summed E-state index contributed by atoms with van der Waals surface area (Å²) in [6.45, 7) is 5.16. The van der Waals surface area contributed by atoms with E-state index in [-0.39, 0.29) is 6.10 Å². The predicted molar refractivity (Wildman–Crippen MR) is 100 cm³/mol. The summed E-state index contributed by atoms with van der Waals surface area (Å²) in [6, 6.07) is 10.2. The lowest BCUT2D eigenvalue weighted by atomic mass is 10.2. The fourth-order valence-corrected chi connectivity index (χ4v) is 2.95. The Morgan fingerprint density at radius 3 is 2.96 bits per heavy atom. The van der Waals surface area contributed by atoms with Crippen LogP contribution in [-0.2, 0) is 11.3 Å². The van der Waals surface area contributed by atoms with Gasteiger partial charge in [-0.15, -0.1) is 0 Å². The molecule has 0 aliphatic carbocycles. The number of aliphatic imine (C=N–C) groups is 1. The second-order valence-electron chi connectivity index (χ2n) is 6.30. The van der Waals surface area contributed by atoms with E-state index >= 15 is 0 Å². The monoisotopic (exact) mass is 341 g/mol. The number of hydrogen-bond acceptors (Lipinski definition) is 3. The van der Waals surface area contributed by atoms with E-state index in [1.165, 1.54) is 0 Å². The molecular formula is C19H27N5O. The molecule has 2 heterocycles. The molecule has 1 aromatic heterocycles. The molecule has 1 aliphatic heterocycles. The van der Waals surface area contributed by atoms with Crippen molar-refractivity contribution in [3.05, 3.63) is 42.4 Å². The molecule has 1 unspecified atom stereocenters. The molecule has 1 aliphatic rings. The quantitative estimate of drug-likeness (QED) is 0.626. The van der Waals surface area contributed by atoms with Crippen molar-refractivity contribution in [3.63, 3.8) is 0 Å². The zero-order valence-corrected chi connectivity index (χ0v) is 15.0. The van der Waals surface area contributed by atoms with Gasteiger partial charge >= 0.3 is 0 Å². The van der Waals surface area contributed by atoms with E-state index in [1.807, 2.05) is 31.4 Å². The van der Waals surface area contributed by atoms with Crippen LogP contribution in [0.25, 0.3) is 11.3 Å². The van der Waals surface area contributed by atoms with Crippen LogP contribution in [0.15, 0.2) is 41.5 Å². The fraction of sp³-hybridized carbons (Fsp3) is 0.474. The molecule has 0 spiro atoms. The fourth-order valence-electron chi connectivity index (χ4n) is 2.95. The van der Waals surface area contributed by atoms with Gasteiger partial charge in [-0.25, -0.2) is 4.98 Å². The molecule has 6 heteroatoms. The van der Waals surface area contributed by atoms with E-state index < -0.39 is 0 Å². The molecular weight excluding hydrogens is 314 g/mol. The number of aromatic amines is 1. The van der Waals surface area contributed by atoms with Crippen molar-refractivity contribution in [2.75, 3.05) is 26.7 Å². The second kappa shape index (κ2) is 8.67. The van der Waals surface area contributed by atoms with Gasteiger partial charge in [0.05, 0.1) is 31.1 Å². The first-order valence-electron chi connectivity index (χ1n) is 8.96. The highest BCUT2D eigenvalue weighted by atomic mass is 16.5. The summed E-state index contributed by atoms with van der Waals surface area (Å²) >= 11 is 0. The molecule has 134 valence electrons. The Bertz CT molecular complexity index is 676. The largest absolute Gasteiger partial charge is 0.376 e. The standard InChI is InChI=1S/C19H27N5O/c1-3-20-19(22-12-16-10-7-11-25-16)24(2)14-18-21-13-17(23-18)15-8-5-4-6-9-15/h4-6,8-9,13,16H,3,7,10-12,14H2,1-2H3,(H,20,22)(H,21,23). The van der Waals surface area contributed by atoms with Crippen molar-refractivity contribution in [1.29, 1.82) is 0 Å². The van der Waals surface area contributed by atoms with Crippen molar-refractivity contribution in [3.8, 4) is 11.3 Å². The van der Waals surface area contributed by atoms with E-state index in [0.29, 0.717) is 13.1 Å². The number of nitrogens with one attached hydrogen (secondary N) is 2. The third kappa shape index (κ3) is 4.82. The third-order valence-electron chi connectivity index (χ3n) is 4.27. The van der Waals surface area contributed by atoms with Crippen LogP contribution in [-0.4, -0.2) is 53.7 Å². The highest BCUT2D eigenvalue weighted by Crippen LogP contribution is 2.16. The van der Waals surface area contributed by atoms with Crippen LogP contribution in [0.1, 0.15) is 25.6 Å². The maximum atomic E-state index is 5.66. The van der Waals surface area contributed by atoms with Crippen molar-refractivity contribution < 1.29 is 4.74 Å². The molecule has 0 saturated carbocycles. The summed E-state index contributed by atoms with van der Waals surface area (Å²) in [4.78, 5) is 14.7. The molecule has 0 radical (unpaired) electrons. The summed E-state index contributed by atoms with van der Waals surface area (Å²) in [5, 5.41) is 3.34. The van der Waals surface area contributed by atoms with Gasteiger partial charge in [-0.3, -0.25) is 4.99 Å². The maximum absolute atomic E-state index is 5.66. The van der Waals surface area contributed by atoms with Crippen LogP contribution >= 0.6 is 0 Å². The van der Waals surface area contributed by atoms with Crippen LogP contribution < -0.4 is 5.32 Å². The van der Waals surface area contributed by atoms with Gasteiger partial charge in [-0.2, -0.15) is 0 Å². The minimum Gasteiger partial charge on any atom is -0.376 e. The Morgan fingerprint density at radius 2 is 2.24 bits per heavy atom. The lowest BCUT2D eigenvalue weighted by Gasteiger charge is -2.21. The maximum Gasteiger partial charge on any atom is 0.194 e. The first-order chi connectivity index (χ1) is 12.3. The number of guanidine groups is 1. The molecule has 1 fully saturated rings. The van der Waals surface area contributed by atoms with Gasteiger partial charge in [0.2, 0.25) is 0 Å². The normalized spacial score (nSPS) is 17.7. The Morgan fingerprint density at radius 1 is 1.40 bits per heavy atom. The van der Waals surface area contributed by atoms with E-state index in [4.69, 9.17) is 9.73 Å². The number of H-pyrrole nitrogens is 1. The van der Waals surface area contributed by atoms with Crippen molar-refractivity contribution in [2.24, 2.45) is 4.99 Å². The van der Waals surface area contributed by atoms with E-state index in [1.54, 1.807) is 0 Å². The number of rotatable bonds is 6. The van der Waals surface area contributed by atoms with Crippen molar-refractivity contribution in [2.45, 2.75) is 32.4 Å². The zero-order chi connectivity index (χ0) is 17.5. The molecule has 2 N–H and O–H groups in total. The highest BCUT2D eigenvalue weighted by molar-refractivity contribution is 5.79. The molecule has 6 nitrogen and oxygen atoms in total. The zero-order valence-electron chi connectivity index (χ0n) is 15.0. The smallest absolute Gasteiger partial charge is 0.194 e. The Kier molecular flexibility index (Phi) is 6.06. The number of hydrogen-bond donors (Lipinski definition) is 2. The van der Waals surface area contributed by atoms with Crippen LogP contribution in [0.5, 0.6) is 0 Å². The number of ether oxygens (including phenoxy) is 1. The summed E-state index contributed by atoms with van der Waals surface area (Å²) < 4.78 is 5.66. The summed E-state index contributed by atoms with van der Waals surface area (Å²) in [6.07, 6.45) is 4.39. The number of imidazole rings is 1. The molecule has 1 atom stereocenters. The topological polar surface area (TPSA) is 65.5 Å². The first-order valence-corrected chi connectivity index (χ1v) is 8.96. The van der Waals surface area contributed by atoms with E-state index in [0.717, 1.165) is 49.0 Å². The minimum absolute atomic E-state index is 0.260. The van der Waals surface area contributed by atoms with Crippen LogP contribution in [0, 0.1) is 0 Å². The summed E-state index contributed by atoms with van der Waals surface area (Å²) in [5.41, 5.74) is 2.17. The molecule has 1 aromatic carbocycles. The predicted octanol–water partition coefficient (Wildman–Crippen LogP) is 2.65. The van der Waals surface area contributed by atoms with E-state index in [2.05, 4.69) is 39.2 Å². The number of aromatic nitrogens is 2. The Balaban J connectivity index is 1.63. The van der Waals surface area contributed by atoms with Crippen LogP contribution in [0.2, 0.25) is 0 Å². The molecule has 0 amide bonds. The van der Waals surface area contributed by atoms with Crippen molar-refractivity contribution in [1.82, 2.24) is 20.2 Å². The van der Waals surface area contributed by atoms with Gasteiger partial charge in [0.25, 0.3) is 0 Å². The highest BCUT2D eigenvalue weighted by Gasteiger charge is 2.16. The van der Waals surface area contributed by atoms with Gasteiger partial charge in [0, 0.05) is 20.2 Å². The van der Waals surface area contributed by atoms with Crippen LogP contribution in [0.3, 0.4) is 0 Å². The van der Waals surface area contributed by atoms with Gasteiger partial charge in [0.15, 0.2) is 5.96 Å². The molecule has 1 saturated heterocycles. The van der Waals surface area contributed by atoms with Gasteiger partial charge in [-0.1, -0.05) is 30.3 Å². The molecule has 3 rings (SSSR count). The van der Waals surface area contributed by atoms with Crippen molar-refractivity contribution >= 4 is 5.96 Å². The number of benzene rings is 1. The molecule has 25 heavy (non-hydrogen) atoms. The number of nitrogens with zero attached hydrogens (tertiary/aromatic N) is 3. The average molecular weight is 341 g/mol. The van der Waals surface area contributed by atoms with Gasteiger partial charge in [0.1, 0.15) is 5.82 Å². The SMILES string of the molecule is CCNC(=NCC1CCCO1)N(C)Cc1ncc(-c2ccccc2)[nH]1. The van der Waals surface area contributed by atoms with Gasteiger partial charge in [-0.05, 0) is 25.3 Å². The summed E-state index contributed by atoms with van der Waals surface area (Å²) in [7, 11) is 2.03. The third-order valence-corrected chi connectivity index (χ3v) is 4.27. The molecule has 0 bridgehead atoms. The Labute approximate surface area is 149 Å². The Hall–Kier alpha value is -2.34. The first kappa shape index (κ1) is 17.5. The van der Waals surface area contributed by atoms with E-state index in [9.17, 15) is 0 Å². The minimum atomic E-state index is 0.260. The second-order valence-corrected chi connectivity index (χ2v) is 6.30. The lowest BCUT2D eigenvalue weighted by molar-refractivity contribution is 0.117. The average Bonchev–Trinajstić information content (AvgIpc) is 3.31. The lowest BCUT2D eigenvalue weighted by Crippen LogP contribution is -2.39. The molecule has 2 aromatic rings. The summed E-state index contributed by atoms with van der Waals surface area (Å²) in [5.74, 6) is 1.81.